The van der Waals surface area contributed by atoms with Crippen LogP contribution in [0.25, 0.3) is 6.08 Å². The van der Waals surface area contributed by atoms with Crippen LogP contribution in [-0.2, 0) is 21.4 Å². The second-order valence-electron chi connectivity index (χ2n) is 5.68. The molecule has 126 valence electrons. The second kappa shape index (κ2) is 5.95. The highest BCUT2D eigenvalue weighted by atomic mass is 32.2. The van der Waals surface area contributed by atoms with E-state index in [0.29, 0.717) is 42.9 Å². The first-order valence-electron chi connectivity index (χ1n) is 7.54. The van der Waals surface area contributed by atoms with Crippen molar-refractivity contribution >= 4 is 28.1 Å². The summed E-state index contributed by atoms with van der Waals surface area (Å²) >= 11 is 0. The van der Waals surface area contributed by atoms with E-state index in [9.17, 15) is 13.2 Å². The molecule has 0 spiro atoms. The third kappa shape index (κ3) is 2.73. The molecular formula is C13H20N6O3S. The summed E-state index contributed by atoms with van der Waals surface area (Å²) in [4.78, 5) is 15.7. The number of anilines is 1. The van der Waals surface area contributed by atoms with E-state index < -0.39 is 16.1 Å². The summed E-state index contributed by atoms with van der Waals surface area (Å²) in [6.45, 7) is 0.983. The zero-order valence-corrected chi connectivity index (χ0v) is 13.5. The van der Waals surface area contributed by atoms with Crippen LogP contribution in [0.3, 0.4) is 0 Å². The first-order valence-corrected chi connectivity index (χ1v) is 8.94. The lowest BCUT2D eigenvalue weighted by Crippen LogP contribution is -2.40. The summed E-state index contributed by atoms with van der Waals surface area (Å²) < 4.78 is 28.3. The van der Waals surface area contributed by atoms with Crippen LogP contribution in [0.1, 0.15) is 37.1 Å². The summed E-state index contributed by atoms with van der Waals surface area (Å²) in [6.07, 6.45) is 5.01. The smallest absolute Gasteiger partial charge is 0.310 e. The molecule has 0 unspecified atom stereocenters. The molecule has 0 radical (unpaired) electrons. The molecule has 2 aliphatic rings. The van der Waals surface area contributed by atoms with E-state index in [2.05, 4.69) is 10.4 Å². The SMILES string of the molecule is NNC(=O)C1=Cc2nc(N)n(S(=O)(=O)N3CCCCC3)c2CC1. The van der Waals surface area contributed by atoms with Gasteiger partial charge in [0.1, 0.15) is 0 Å². The van der Waals surface area contributed by atoms with Crippen LogP contribution < -0.4 is 17.0 Å². The van der Waals surface area contributed by atoms with Gasteiger partial charge in [-0.3, -0.25) is 10.2 Å². The lowest BCUT2D eigenvalue weighted by Gasteiger charge is -2.27. The first-order chi connectivity index (χ1) is 10.9. The van der Waals surface area contributed by atoms with Gasteiger partial charge in [-0.25, -0.2) is 10.8 Å². The number of nitrogens with zero attached hydrogens (tertiary/aromatic N) is 3. The van der Waals surface area contributed by atoms with Crippen molar-refractivity contribution in [2.75, 3.05) is 18.8 Å². The van der Waals surface area contributed by atoms with Gasteiger partial charge in [-0.1, -0.05) is 6.42 Å². The number of rotatable bonds is 3. The zero-order chi connectivity index (χ0) is 16.6. The molecular weight excluding hydrogens is 320 g/mol. The monoisotopic (exact) mass is 340 g/mol. The summed E-state index contributed by atoms with van der Waals surface area (Å²) in [5.74, 6) is 4.65. The number of hydrogen-bond acceptors (Lipinski definition) is 6. The normalized spacial score (nSPS) is 19.1. The molecule has 1 aromatic heterocycles. The van der Waals surface area contributed by atoms with Crippen LogP contribution in [0.15, 0.2) is 5.57 Å². The Kier molecular flexibility index (Phi) is 4.13. The van der Waals surface area contributed by atoms with Crippen molar-refractivity contribution in [1.29, 1.82) is 0 Å². The average molecular weight is 340 g/mol. The van der Waals surface area contributed by atoms with Crippen molar-refractivity contribution in [3.05, 3.63) is 17.0 Å². The van der Waals surface area contributed by atoms with Gasteiger partial charge < -0.3 is 5.73 Å². The molecule has 1 aliphatic heterocycles. The average Bonchev–Trinajstić information content (AvgIpc) is 2.90. The maximum absolute atomic E-state index is 12.9. The Morgan fingerprint density at radius 2 is 1.91 bits per heavy atom. The summed E-state index contributed by atoms with van der Waals surface area (Å²) in [6, 6.07) is 0. The maximum atomic E-state index is 12.9. The first kappa shape index (κ1) is 16.0. The summed E-state index contributed by atoms with van der Waals surface area (Å²) in [7, 11) is -3.73. The molecule has 0 bridgehead atoms. The number of carbonyl (C=O) groups is 1. The number of carbonyl (C=O) groups excluding carboxylic acids is 1. The number of aromatic nitrogens is 2. The van der Waals surface area contributed by atoms with Crippen molar-refractivity contribution in [3.8, 4) is 0 Å². The number of piperidine rings is 1. The Hall–Kier alpha value is -1.91. The fourth-order valence-corrected chi connectivity index (χ4v) is 4.74. The molecule has 1 amide bonds. The summed E-state index contributed by atoms with van der Waals surface area (Å²) in [5.41, 5.74) is 9.31. The largest absolute Gasteiger partial charge is 0.368 e. The highest BCUT2D eigenvalue weighted by Gasteiger charge is 2.32. The fourth-order valence-electron chi connectivity index (χ4n) is 3.05. The van der Waals surface area contributed by atoms with Gasteiger partial charge in [0.05, 0.1) is 11.4 Å². The predicted molar refractivity (Wildman–Crippen MR) is 85.0 cm³/mol. The Balaban J connectivity index is 2.01. The van der Waals surface area contributed by atoms with Crippen molar-refractivity contribution < 1.29 is 13.2 Å². The molecule has 1 aliphatic carbocycles. The van der Waals surface area contributed by atoms with E-state index >= 15 is 0 Å². The Morgan fingerprint density at radius 3 is 2.57 bits per heavy atom. The van der Waals surface area contributed by atoms with Gasteiger partial charge in [0.2, 0.25) is 5.95 Å². The molecule has 9 nitrogen and oxygen atoms in total. The lowest BCUT2D eigenvalue weighted by molar-refractivity contribution is -0.117. The van der Waals surface area contributed by atoms with Gasteiger partial charge in [-0.15, -0.1) is 0 Å². The third-order valence-electron chi connectivity index (χ3n) is 4.22. The minimum atomic E-state index is -3.73. The number of nitrogen functional groups attached to an aromatic ring is 1. The molecule has 2 heterocycles. The molecule has 1 fully saturated rings. The highest BCUT2D eigenvalue weighted by molar-refractivity contribution is 7.87. The van der Waals surface area contributed by atoms with Gasteiger partial charge in [-0.05, 0) is 31.8 Å². The van der Waals surface area contributed by atoms with E-state index in [4.69, 9.17) is 11.6 Å². The van der Waals surface area contributed by atoms with Crippen LogP contribution >= 0.6 is 0 Å². The van der Waals surface area contributed by atoms with E-state index in [1.54, 1.807) is 6.08 Å². The fraction of sp³-hybridized carbons (Fsp3) is 0.538. The number of nitrogens with one attached hydrogen (secondary N) is 1. The van der Waals surface area contributed by atoms with Crippen LogP contribution in [-0.4, -0.2) is 40.7 Å². The van der Waals surface area contributed by atoms with E-state index in [0.717, 1.165) is 23.2 Å². The van der Waals surface area contributed by atoms with Crippen molar-refractivity contribution in [3.63, 3.8) is 0 Å². The number of imidazole rings is 1. The Morgan fingerprint density at radius 1 is 1.22 bits per heavy atom. The molecule has 1 aromatic rings. The molecule has 1 saturated heterocycles. The van der Waals surface area contributed by atoms with E-state index in [-0.39, 0.29) is 5.95 Å². The molecule has 5 N–H and O–H groups in total. The summed E-state index contributed by atoms with van der Waals surface area (Å²) in [5, 5.41) is 0. The molecule has 10 heteroatoms. The molecule has 3 rings (SSSR count). The van der Waals surface area contributed by atoms with Gasteiger partial charge >= 0.3 is 10.2 Å². The highest BCUT2D eigenvalue weighted by Crippen LogP contribution is 2.29. The Bertz CT molecular complexity index is 761. The van der Waals surface area contributed by atoms with Gasteiger partial charge in [0.15, 0.2) is 0 Å². The lowest BCUT2D eigenvalue weighted by atomic mass is 10.00. The zero-order valence-electron chi connectivity index (χ0n) is 12.7. The van der Waals surface area contributed by atoms with Crippen LogP contribution in [0.4, 0.5) is 5.95 Å². The second-order valence-corrected chi connectivity index (χ2v) is 7.45. The quantitative estimate of drug-likeness (QED) is 0.380. The topological polar surface area (TPSA) is 136 Å². The standard InChI is InChI=1S/C13H20N6O3S/c14-13-16-10-8-9(12(20)17-15)4-5-11(10)19(13)23(21,22)18-6-2-1-3-7-18/h8H,1-7,15H2,(H2,14,16)(H,17,20). The predicted octanol–water partition coefficient (Wildman–Crippen LogP) is -0.636. The maximum Gasteiger partial charge on any atom is 0.310 e. The van der Waals surface area contributed by atoms with Crippen LogP contribution in [0, 0.1) is 0 Å². The number of nitrogens with two attached hydrogens (primary N) is 2. The van der Waals surface area contributed by atoms with E-state index in [1.165, 1.54) is 4.31 Å². The van der Waals surface area contributed by atoms with Crippen molar-refractivity contribution in [2.24, 2.45) is 5.84 Å². The van der Waals surface area contributed by atoms with Gasteiger partial charge in [0.25, 0.3) is 5.91 Å². The van der Waals surface area contributed by atoms with Gasteiger partial charge in [0, 0.05) is 18.7 Å². The van der Waals surface area contributed by atoms with E-state index in [1.807, 2.05) is 0 Å². The minimum Gasteiger partial charge on any atom is -0.368 e. The van der Waals surface area contributed by atoms with Crippen LogP contribution in [0.5, 0.6) is 0 Å². The minimum absolute atomic E-state index is 0.0776. The number of hydrogen-bond donors (Lipinski definition) is 3. The van der Waals surface area contributed by atoms with Gasteiger partial charge in [-0.2, -0.15) is 16.7 Å². The Labute approximate surface area is 134 Å². The number of hydrazine groups is 1. The van der Waals surface area contributed by atoms with Crippen LogP contribution in [0.2, 0.25) is 0 Å². The molecule has 23 heavy (non-hydrogen) atoms. The molecule has 0 saturated carbocycles. The number of fused-ring (bicyclic) bond motifs is 1. The molecule has 0 atom stereocenters. The van der Waals surface area contributed by atoms with Crippen molar-refractivity contribution in [2.45, 2.75) is 32.1 Å². The van der Waals surface area contributed by atoms with Crippen molar-refractivity contribution in [1.82, 2.24) is 18.7 Å². The molecule has 0 aromatic carbocycles. The third-order valence-corrected chi connectivity index (χ3v) is 6.11. The number of amides is 1.